The maximum absolute atomic E-state index is 10.8. The Morgan fingerprint density at radius 3 is 2.09 bits per heavy atom. The van der Waals surface area contributed by atoms with Crippen molar-refractivity contribution in [2.75, 3.05) is 0 Å². The van der Waals surface area contributed by atoms with E-state index in [0.717, 1.165) is 12.0 Å². The first-order chi connectivity index (χ1) is 4.95. The molecule has 0 atom stereocenters. The lowest BCUT2D eigenvalue weighted by molar-refractivity contribution is -0.113. The van der Waals surface area contributed by atoms with Crippen LogP contribution in [0.15, 0.2) is 11.0 Å². The summed E-state index contributed by atoms with van der Waals surface area (Å²) in [5.41, 5.74) is 1.44. The van der Waals surface area contributed by atoms with Crippen LogP contribution in [-0.4, -0.2) is 13.6 Å². The number of ketones is 1. The quantitative estimate of drug-likeness (QED) is 0.444. The van der Waals surface area contributed by atoms with Gasteiger partial charge in [-0.25, -0.2) is 0 Å². The van der Waals surface area contributed by atoms with E-state index >= 15 is 0 Å². The molecule has 0 spiro atoms. The molecule has 0 bridgehead atoms. The average molecular weight is 150 g/mol. The molecule has 0 aromatic carbocycles. The molecule has 0 unspecified atom stereocenters. The molecule has 0 saturated heterocycles. The van der Waals surface area contributed by atoms with Crippen molar-refractivity contribution < 1.29 is 4.79 Å². The van der Waals surface area contributed by atoms with E-state index in [1.807, 2.05) is 6.92 Å². The van der Waals surface area contributed by atoms with Gasteiger partial charge in [0.1, 0.15) is 13.6 Å². The normalized spacial score (nSPS) is 13.2. The van der Waals surface area contributed by atoms with Crippen molar-refractivity contribution in [3.8, 4) is 0 Å². The second kappa shape index (κ2) is 4.37. The molecule has 2 radical (unpaired) electrons. The van der Waals surface area contributed by atoms with Gasteiger partial charge in [0.15, 0.2) is 0 Å². The zero-order valence-corrected chi connectivity index (χ0v) is 7.77. The van der Waals surface area contributed by atoms with Crippen LogP contribution in [0.1, 0.15) is 34.1 Å². The zero-order valence-electron chi connectivity index (χ0n) is 7.77. The SMILES string of the molecule is [B]C(C(C)=O)=C(C)CC(C)C. The topological polar surface area (TPSA) is 17.1 Å². The molecule has 0 aliphatic heterocycles. The molecule has 0 amide bonds. The molecule has 0 N–H and O–H groups in total. The zero-order chi connectivity index (χ0) is 9.02. The Bertz CT molecular complexity index is 180. The van der Waals surface area contributed by atoms with Crippen LogP contribution in [0.2, 0.25) is 0 Å². The Balaban J connectivity index is 4.28. The summed E-state index contributed by atoms with van der Waals surface area (Å²) in [6, 6.07) is 0. The minimum atomic E-state index is -0.0249. The van der Waals surface area contributed by atoms with Crippen LogP contribution < -0.4 is 0 Å². The van der Waals surface area contributed by atoms with E-state index in [-0.39, 0.29) is 5.78 Å². The Hall–Kier alpha value is -0.525. The lowest BCUT2D eigenvalue weighted by atomic mass is 9.85. The highest BCUT2D eigenvalue weighted by Gasteiger charge is 2.02. The molecule has 0 saturated carbocycles. The monoisotopic (exact) mass is 150 g/mol. The van der Waals surface area contributed by atoms with Gasteiger partial charge in [-0.2, -0.15) is 0 Å². The summed E-state index contributed by atoms with van der Waals surface area (Å²) >= 11 is 0. The molecule has 0 heterocycles. The Labute approximate surface area is 70.3 Å². The molecule has 1 nitrogen and oxygen atoms in total. The molecule has 0 aromatic rings. The fourth-order valence-corrected chi connectivity index (χ4v) is 1.02. The van der Waals surface area contributed by atoms with E-state index in [0.29, 0.717) is 11.4 Å². The number of carbonyl (C=O) groups is 1. The largest absolute Gasteiger partial charge is 0.296 e. The first-order valence-corrected chi connectivity index (χ1v) is 3.91. The van der Waals surface area contributed by atoms with Crippen LogP contribution in [0, 0.1) is 5.92 Å². The van der Waals surface area contributed by atoms with E-state index < -0.39 is 0 Å². The minimum absolute atomic E-state index is 0.0249. The van der Waals surface area contributed by atoms with Crippen LogP contribution in [0.25, 0.3) is 0 Å². The van der Waals surface area contributed by atoms with Crippen molar-refractivity contribution in [2.24, 2.45) is 5.92 Å². The van der Waals surface area contributed by atoms with Gasteiger partial charge < -0.3 is 0 Å². The second-order valence-electron chi connectivity index (χ2n) is 3.35. The summed E-state index contributed by atoms with van der Waals surface area (Å²) in [4.78, 5) is 10.8. The number of hydrogen-bond acceptors (Lipinski definition) is 1. The van der Waals surface area contributed by atoms with Crippen molar-refractivity contribution in [1.29, 1.82) is 0 Å². The van der Waals surface area contributed by atoms with Gasteiger partial charge in [-0.1, -0.05) is 24.9 Å². The molecule has 2 heteroatoms. The standard InChI is InChI=1S/C9H15BO/c1-6(2)5-7(3)9(10)8(4)11/h6H,5H2,1-4H3. The molecule has 0 rings (SSSR count). The second-order valence-corrected chi connectivity index (χ2v) is 3.35. The molecule has 0 aliphatic carbocycles. The third-order valence-corrected chi connectivity index (χ3v) is 1.55. The third kappa shape index (κ3) is 4.02. The van der Waals surface area contributed by atoms with Gasteiger partial charge in [-0.05, 0) is 26.2 Å². The molecule has 0 aromatic heterocycles. The third-order valence-electron chi connectivity index (χ3n) is 1.55. The summed E-state index contributed by atoms with van der Waals surface area (Å²) in [5, 5.41) is 0. The van der Waals surface area contributed by atoms with Crippen LogP contribution in [0.5, 0.6) is 0 Å². The van der Waals surface area contributed by atoms with Crippen LogP contribution in [-0.2, 0) is 4.79 Å². The fourth-order valence-electron chi connectivity index (χ4n) is 1.02. The highest BCUT2D eigenvalue weighted by Crippen LogP contribution is 2.12. The number of Topliss-reactive ketones (excluding diaryl/α,β-unsaturated/α-hetero) is 1. The summed E-state index contributed by atoms with van der Waals surface area (Å²) < 4.78 is 0. The molecule has 0 fully saturated rings. The molecular formula is C9H15BO. The molecule has 11 heavy (non-hydrogen) atoms. The Morgan fingerprint density at radius 2 is 1.82 bits per heavy atom. The van der Waals surface area contributed by atoms with Crippen LogP contribution in [0.4, 0.5) is 0 Å². The van der Waals surface area contributed by atoms with Crippen molar-refractivity contribution in [3.63, 3.8) is 0 Å². The maximum atomic E-state index is 10.8. The van der Waals surface area contributed by atoms with Gasteiger partial charge in [-0.3, -0.25) is 4.79 Å². The lowest BCUT2D eigenvalue weighted by Gasteiger charge is -2.07. The van der Waals surface area contributed by atoms with Crippen molar-refractivity contribution in [3.05, 3.63) is 11.0 Å². The van der Waals surface area contributed by atoms with Crippen molar-refractivity contribution >= 4 is 13.6 Å². The van der Waals surface area contributed by atoms with Crippen LogP contribution in [0.3, 0.4) is 0 Å². The maximum Gasteiger partial charge on any atom is 0.145 e. The van der Waals surface area contributed by atoms with E-state index in [4.69, 9.17) is 7.85 Å². The van der Waals surface area contributed by atoms with Crippen molar-refractivity contribution in [1.82, 2.24) is 0 Å². The first-order valence-electron chi connectivity index (χ1n) is 3.91. The number of rotatable bonds is 3. The number of carbonyl (C=O) groups excluding carboxylic acids is 1. The molecular weight excluding hydrogens is 135 g/mol. The number of hydrogen-bond donors (Lipinski definition) is 0. The molecule has 0 aliphatic rings. The first kappa shape index (κ1) is 10.5. The summed E-state index contributed by atoms with van der Waals surface area (Å²) in [5.74, 6) is 0.538. The Kier molecular flexibility index (Phi) is 4.16. The van der Waals surface area contributed by atoms with Gasteiger partial charge in [0.25, 0.3) is 0 Å². The Morgan fingerprint density at radius 1 is 1.36 bits per heavy atom. The van der Waals surface area contributed by atoms with E-state index in [2.05, 4.69) is 13.8 Å². The average Bonchev–Trinajstić information content (AvgIpc) is 1.84. The summed E-state index contributed by atoms with van der Waals surface area (Å²) in [6.45, 7) is 7.63. The van der Waals surface area contributed by atoms with Gasteiger partial charge in [0.2, 0.25) is 0 Å². The number of allylic oxidation sites excluding steroid dienone is 2. The van der Waals surface area contributed by atoms with Crippen LogP contribution >= 0.6 is 0 Å². The predicted molar refractivity (Wildman–Crippen MR) is 48.6 cm³/mol. The highest BCUT2D eigenvalue weighted by atomic mass is 16.1. The highest BCUT2D eigenvalue weighted by molar-refractivity contribution is 6.36. The predicted octanol–water partition coefficient (Wildman–Crippen LogP) is 2.06. The van der Waals surface area contributed by atoms with Gasteiger partial charge in [0, 0.05) is 0 Å². The van der Waals surface area contributed by atoms with E-state index in [1.165, 1.54) is 6.92 Å². The lowest BCUT2D eigenvalue weighted by Crippen LogP contribution is -2.01. The summed E-state index contributed by atoms with van der Waals surface area (Å²) in [6.07, 6.45) is 0.908. The van der Waals surface area contributed by atoms with Gasteiger partial charge >= 0.3 is 0 Å². The minimum Gasteiger partial charge on any atom is -0.296 e. The summed E-state index contributed by atoms with van der Waals surface area (Å²) in [7, 11) is 5.54. The van der Waals surface area contributed by atoms with E-state index in [9.17, 15) is 4.79 Å². The van der Waals surface area contributed by atoms with Gasteiger partial charge in [0.05, 0.1) is 0 Å². The molecule has 60 valence electrons. The van der Waals surface area contributed by atoms with E-state index in [1.54, 1.807) is 0 Å². The fraction of sp³-hybridized carbons (Fsp3) is 0.667. The van der Waals surface area contributed by atoms with Gasteiger partial charge in [-0.15, -0.1) is 0 Å². The van der Waals surface area contributed by atoms with Crippen molar-refractivity contribution in [2.45, 2.75) is 34.1 Å². The smallest absolute Gasteiger partial charge is 0.145 e.